The van der Waals surface area contributed by atoms with E-state index >= 15 is 0 Å². The highest BCUT2D eigenvalue weighted by molar-refractivity contribution is 6.42. The molecule has 0 spiro atoms. The van der Waals surface area contributed by atoms with E-state index in [1.165, 1.54) is 0 Å². The highest BCUT2D eigenvalue weighted by atomic mass is 35.5. The Balaban J connectivity index is 1.19. The predicted molar refractivity (Wildman–Crippen MR) is 161 cm³/mol. The van der Waals surface area contributed by atoms with Gasteiger partial charge in [-0.25, -0.2) is 9.97 Å². The molecule has 2 aliphatic rings. The van der Waals surface area contributed by atoms with Crippen molar-refractivity contribution < 1.29 is 14.3 Å². The first kappa shape index (κ1) is 28.5. The number of carbonyl (C=O) groups is 1. The van der Waals surface area contributed by atoms with Crippen LogP contribution in [-0.2, 0) is 17.9 Å². The molecule has 4 aromatic rings. The van der Waals surface area contributed by atoms with Crippen molar-refractivity contribution in [3.63, 3.8) is 0 Å². The SMILES string of the molecule is O=C(CC1CN(Cc2ccc(Cl)c(Cl)c2)CCN1c1cc(Cl)nc(-n2ccnc2)n1)NCc1ccc2c(c1)OCCO2. The van der Waals surface area contributed by atoms with Crippen LogP contribution in [0.15, 0.2) is 61.2 Å². The molecule has 2 aromatic heterocycles. The molecule has 1 fully saturated rings. The van der Waals surface area contributed by atoms with E-state index in [-0.39, 0.29) is 18.4 Å². The number of nitrogens with zero attached hydrogens (tertiary/aromatic N) is 6. The minimum Gasteiger partial charge on any atom is -0.486 e. The Labute approximate surface area is 258 Å². The van der Waals surface area contributed by atoms with E-state index in [2.05, 4.69) is 25.1 Å². The van der Waals surface area contributed by atoms with Gasteiger partial charge in [0.05, 0.1) is 16.1 Å². The summed E-state index contributed by atoms with van der Waals surface area (Å²) in [4.78, 5) is 30.9. The van der Waals surface area contributed by atoms with Crippen LogP contribution in [-0.4, -0.2) is 69.2 Å². The zero-order valence-electron chi connectivity index (χ0n) is 22.5. The lowest BCUT2D eigenvalue weighted by molar-refractivity contribution is -0.121. The molecule has 1 atom stereocenters. The number of benzene rings is 2. The molecule has 4 heterocycles. The number of fused-ring (bicyclic) bond motifs is 1. The van der Waals surface area contributed by atoms with Crippen LogP contribution >= 0.6 is 34.8 Å². The number of hydrogen-bond acceptors (Lipinski definition) is 8. The normalized spacial score (nSPS) is 16.8. The maximum Gasteiger partial charge on any atom is 0.238 e. The van der Waals surface area contributed by atoms with E-state index in [0.717, 1.165) is 23.4 Å². The van der Waals surface area contributed by atoms with Crippen molar-refractivity contribution >= 4 is 46.5 Å². The number of aromatic nitrogens is 4. The molecule has 1 amide bonds. The Bertz CT molecular complexity index is 1570. The van der Waals surface area contributed by atoms with Gasteiger partial charge in [-0.05, 0) is 35.4 Å². The molecule has 218 valence electrons. The summed E-state index contributed by atoms with van der Waals surface area (Å²) in [5.41, 5.74) is 1.98. The van der Waals surface area contributed by atoms with Gasteiger partial charge >= 0.3 is 0 Å². The van der Waals surface area contributed by atoms with Crippen molar-refractivity contribution in [3.05, 3.63) is 87.5 Å². The Kier molecular flexibility index (Phi) is 8.66. The third-order valence-corrected chi connectivity index (χ3v) is 8.11. The third-order valence-electron chi connectivity index (χ3n) is 7.17. The molecule has 13 heteroatoms. The van der Waals surface area contributed by atoms with Gasteiger partial charge in [0, 0.05) is 57.6 Å². The monoisotopic (exact) mass is 627 g/mol. The van der Waals surface area contributed by atoms with E-state index in [1.807, 2.05) is 30.3 Å². The molecule has 6 rings (SSSR count). The van der Waals surface area contributed by atoms with Crippen molar-refractivity contribution in [1.82, 2.24) is 29.7 Å². The van der Waals surface area contributed by atoms with Crippen molar-refractivity contribution in [2.75, 3.05) is 37.7 Å². The summed E-state index contributed by atoms with van der Waals surface area (Å²) < 4.78 is 13.0. The number of imidazole rings is 1. The van der Waals surface area contributed by atoms with E-state index in [1.54, 1.807) is 35.4 Å². The zero-order valence-corrected chi connectivity index (χ0v) is 24.8. The van der Waals surface area contributed by atoms with Gasteiger partial charge in [0.25, 0.3) is 0 Å². The highest BCUT2D eigenvalue weighted by Crippen LogP contribution is 2.31. The minimum atomic E-state index is -0.177. The molecule has 1 unspecified atom stereocenters. The molecule has 0 radical (unpaired) electrons. The average molecular weight is 629 g/mol. The van der Waals surface area contributed by atoms with Crippen LogP contribution in [0.4, 0.5) is 5.82 Å². The summed E-state index contributed by atoms with van der Waals surface area (Å²) in [6.45, 7) is 4.10. The highest BCUT2D eigenvalue weighted by Gasteiger charge is 2.31. The quantitative estimate of drug-likeness (QED) is 0.278. The van der Waals surface area contributed by atoms with Crippen LogP contribution in [0.1, 0.15) is 17.5 Å². The van der Waals surface area contributed by atoms with Gasteiger partial charge in [0.1, 0.15) is 30.5 Å². The lowest BCUT2D eigenvalue weighted by Crippen LogP contribution is -2.54. The van der Waals surface area contributed by atoms with Crippen molar-refractivity contribution in [1.29, 1.82) is 0 Å². The summed E-state index contributed by atoms with van der Waals surface area (Å²) in [6, 6.07) is 12.9. The fourth-order valence-electron chi connectivity index (χ4n) is 5.15. The Morgan fingerprint density at radius 2 is 1.79 bits per heavy atom. The number of carbonyl (C=O) groups excluding carboxylic acids is 1. The van der Waals surface area contributed by atoms with E-state index in [9.17, 15) is 4.79 Å². The third kappa shape index (κ3) is 6.73. The molecule has 1 saturated heterocycles. The molecule has 0 saturated carbocycles. The maximum absolute atomic E-state index is 13.3. The Morgan fingerprint density at radius 1 is 0.952 bits per heavy atom. The van der Waals surface area contributed by atoms with Crippen LogP contribution in [0.25, 0.3) is 5.95 Å². The van der Waals surface area contributed by atoms with Crippen molar-refractivity contribution in [2.24, 2.45) is 0 Å². The molecule has 2 aromatic carbocycles. The molecular formula is C29H28Cl3N7O3. The smallest absolute Gasteiger partial charge is 0.238 e. The number of nitrogens with one attached hydrogen (secondary N) is 1. The van der Waals surface area contributed by atoms with Crippen molar-refractivity contribution in [3.8, 4) is 17.4 Å². The first-order chi connectivity index (χ1) is 20.4. The second kappa shape index (κ2) is 12.7. The van der Waals surface area contributed by atoms with E-state index in [4.69, 9.17) is 49.3 Å². The summed E-state index contributed by atoms with van der Waals surface area (Å²) in [5.74, 6) is 2.40. The van der Waals surface area contributed by atoms with Crippen LogP contribution in [0.3, 0.4) is 0 Å². The molecule has 0 aliphatic carbocycles. The number of rotatable bonds is 8. The summed E-state index contributed by atoms with van der Waals surface area (Å²) in [6.07, 6.45) is 5.28. The lowest BCUT2D eigenvalue weighted by Gasteiger charge is -2.42. The molecular weight excluding hydrogens is 601 g/mol. The van der Waals surface area contributed by atoms with Crippen LogP contribution in [0.2, 0.25) is 15.2 Å². The number of anilines is 1. The van der Waals surface area contributed by atoms with Gasteiger partial charge in [-0.1, -0.05) is 46.9 Å². The number of ether oxygens (including phenoxy) is 2. The standard InChI is InChI=1S/C29H28Cl3N7O3/c30-22-3-1-20(11-23(22)31)16-37-7-8-39(27-14-26(32)35-29(36-27)38-6-5-33-18-38)21(17-37)13-28(40)34-15-19-2-4-24-25(12-19)42-10-9-41-24/h1-6,11-12,14,18,21H,7-10,13,15-17H2,(H,34,40). The summed E-state index contributed by atoms with van der Waals surface area (Å²) in [5, 5.41) is 4.41. The lowest BCUT2D eigenvalue weighted by atomic mass is 10.1. The minimum absolute atomic E-state index is 0.0775. The van der Waals surface area contributed by atoms with E-state index in [0.29, 0.717) is 72.1 Å². The van der Waals surface area contributed by atoms with Gasteiger partial charge in [-0.15, -0.1) is 0 Å². The number of halogens is 3. The second-order valence-electron chi connectivity index (χ2n) is 10.1. The number of amides is 1. The topological polar surface area (TPSA) is 97.6 Å². The van der Waals surface area contributed by atoms with Crippen LogP contribution in [0, 0.1) is 0 Å². The maximum atomic E-state index is 13.3. The van der Waals surface area contributed by atoms with Crippen molar-refractivity contribution in [2.45, 2.75) is 25.6 Å². The molecule has 0 bridgehead atoms. The molecule has 1 N–H and O–H groups in total. The molecule has 10 nitrogen and oxygen atoms in total. The van der Waals surface area contributed by atoms with Gasteiger partial charge in [0.2, 0.25) is 11.9 Å². The van der Waals surface area contributed by atoms with Gasteiger partial charge < -0.3 is 19.7 Å². The number of piperazine rings is 1. The molecule has 42 heavy (non-hydrogen) atoms. The molecule has 2 aliphatic heterocycles. The number of hydrogen-bond donors (Lipinski definition) is 1. The summed E-state index contributed by atoms with van der Waals surface area (Å²) in [7, 11) is 0. The van der Waals surface area contributed by atoms with Gasteiger partial charge in [-0.2, -0.15) is 4.98 Å². The summed E-state index contributed by atoms with van der Waals surface area (Å²) >= 11 is 18.8. The largest absolute Gasteiger partial charge is 0.486 e. The fourth-order valence-corrected chi connectivity index (χ4v) is 5.65. The van der Waals surface area contributed by atoms with E-state index < -0.39 is 0 Å². The van der Waals surface area contributed by atoms with Gasteiger partial charge in [0.15, 0.2) is 11.5 Å². The fraction of sp³-hybridized carbons (Fsp3) is 0.310. The zero-order chi connectivity index (χ0) is 29.1. The predicted octanol–water partition coefficient (Wildman–Crippen LogP) is 4.79. The van der Waals surface area contributed by atoms with Gasteiger partial charge in [-0.3, -0.25) is 14.3 Å². The van der Waals surface area contributed by atoms with Crippen LogP contribution < -0.4 is 19.7 Å². The first-order valence-electron chi connectivity index (χ1n) is 13.5. The second-order valence-corrected chi connectivity index (χ2v) is 11.3. The Morgan fingerprint density at radius 3 is 2.60 bits per heavy atom. The average Bonchev–Trinajstić information content (AvgIpc) is 3.53. The first-order valence-corrected chi connectivity index (χ1v) is 14.7. The van der Waals surface area contributed by atoms with Crippen LogP contribution in [0.5, 0.6) is 11.5 Å². The Hall–Kier alpha value is -3.57.